The third-order valence-electron chi connectivity index (χ3n) is 2.40. The summed E-state index contributed by atoms with van der Waals surface area (Å²) in [6, 6.07) is 13.4. The quantitative estimate of drug-likeness (QED) is 0.636. The minimum Gasteiger partial charge on any atom is -0.278 e. The van der Waals surface area contributed by atoms with Crippen LogP contribution in [0.3, 0.4) is 0 Å². The summed E-state index contributed by atoms with van der Waals surface area (Å²) in [6.07, 6.45) is 1.75. The van der Waals surface area contributed by atoms with Crippen LogP contribution in [-0.2, 0) is 0 Å². The third-order valence-corrected chi connectivity index (χ3v) is 3.14. The van der Waals surface area contributed by atoms with Crippen LogP contribution in [0.5, 0.6) is 0 Å². The Balaban J connectivity index is 2.02. The van der Waals surface area contributed by atoms with Crippen molar-refractivity contribution in [1.29, 1.82) is 0 Å². The lowest BCUT2D eigenvalue weighted by atomic mass is 10.2. The van der Waals surface area contributed by atoms with E-state index in [1.165, 1.54) is 5.56 Å². The summed E-state index contributed by atoms with van der Waals surface area (Å²) >= 11 is 11.7. The van der Waals surface area contributed by atoms with Crippen molar-refractivity contribution < 1.29 is 0 Å². The maximum atomic E-state index is 5.90. The average Bonchev–Trinajstić information content (AvgIpc) is 2.36. The van der Waals surface area contributed by atoms with Gasteiger partial charge in [-0.25, -0.2) is 0 Å². The number of rotatable bonds is 3. The summed E-state index contributed by atoms with van der Waals surface area (Å²) < 4.78 is 0. The second-order valence-corrected chi connectivity index (χ2v) is 4.72. The van der Waals surface area contributed by atoms with Crippen molar-refractivity contribution in [1.82, 2.24) is 0 Å². The fraction of sp³-hybridized carbons (Fsp3) is 0.0714. The predicted octanol–water partition coefficient (Wildman–Crippen LogP) is 4.75. The molecule has 0 aliphatic rings. The molecule has 0 aromatic heterocycles. The fourth-order valence-electron chi connectivity index (χ4n) is 1.40. The summed E-state index contributed by atoms with van der Waals surface area (Å²) in [6.45, 7) is 2.05. The molecule has 0 aliphatic heterocycles. The second kappa shape index (κ2) is 5.89. The van der Waals surface area contributed by atoms with E-state index in [0.29, 0.717) is 10.0 Å². The zero-order valence-corrected chi connectivity index (χ0v) is 11.3. The van der Waals surface area contributed by atoms with Gasteiger partial charge in [-0.3, -0.25) is 5.43 Å². The molecule has 0 aliphatic carbocycles. The van der Waals surface area contributed by atoms with Gasteiger partial charge in [0.2, 0.25) is 0 Å². The molecule has 0 fully saturated rings. The molecule has 0 atom stereocenters. The number of nitrogens with zero attached hydrogens (tertiary/aromatic N) is 1. The van der Waals surface area contributed by atoms with Gasteiger partial charge in [0.25, 0.3) is 0 Å². The Labute approximate surface area is 116 Å². The first kappa shape index (κ1) is 12.9. The SMILES string of the molecule is Cc1ccc(/C=N/Nc2ccc(Cl)c(Cl)c2)cc1. The first-order valence-corrected chi connectivity index (χ1v) is 6.21. The van der Waals surface area contributed by atoms with E-state index in [2.05, 4.69) is 17.5 Å². The monoisotopic (exact) mass is 278 g/mol. The Morgan fingerprint density at radius 3 is 2.39 bits per heavy atom. The number of aryl methyl sites for hydroxylation is 1. The molecule has 4 heteroatoms. The van der Waals surface area contributed by atoms with E-state index in [-0.39, 0.29) is 0 Å². The van der Waals surface area contributed by atoms with Crippen LogP contribution >= 0.6 is 23.2 Å². The second-order valence-electron chi connectivity index (χ2n) is 3.91. The highest BCUT2D eigenvalue weighted by Crippen LogP contribution is 2.24. The van der Waals surface area contributed by atoms with Crippen molar-refractivity contribution >= 4 is 35.1 Å². The molecule has 0 spiro atoms. The molecule has 0 saturated carbocycles. The highest BCUT2D eigenvalue weighted by Gasteiger charge is 1.97. The van der Waals surface area contributed by atoms with Gasteiger partial charge in [0, 0.05) is 0 Å². The number of hydrazone groups is 1. The van der Waals surface area contributed by atoms with Gasteiger partial charge in [-0.15, -0.1) is 0 Å². The molecule has 0 saturated heterocycles. The van der Waals surface area contributed by atoms with E-state index in [0.717, 1.165) is 11.3 Å². The molecule has 0 unspecified atom stereocenters. The normalized spacial score (nSPS) is 10.8. The van der Waals surface area contributed by atoms with E-state index >= 15 is 0 Å². The summed E-state index contributed by atoms with van der Waals surface area (Å²) in [5.74, 6) is 0. The van der Waals surface area contributed by atoms with Crippen molar-refractivity contribution in [3.63, 3.8) is 0 Å². The largest absolute Gasteiger partial charge is 0.278 e. The van der Waals surface area contributed by atoms with Crippen LogP contribution in [0.25, 0.3) is 0 Å². The van der Waals surface area contributed by atoms with Crippen LogP contribution in [0.15, 0.2) is 47.6 Å². The Bertz CT molecular complexity index is 563. The zero-order chi connectivity index (χ0) is 13.0. The minimum atomic E-state index is 0.507. The van der Waals surface area contributed by atoms with Crippen LogP contribution in [0.1, 0.15) is 11.1 Å². The molecule has 1 N–H and O–H groups in total. The summed E-state index contributed by atoms with van der Waals surface area (Å²) in [5.41, 5.74) is 5.96. The van der Waals surface area contributed by atoms with Crippen LogP contribution in [-0.4, -0.2) is 6.21 Å². The molecule has 18 heavy (non-hydrogen) atoms. The molecule has 0 radical (unpaired) electrons. The molecule has 92 valence electrons. The van der Waals surface area contributed by atoms with Gasteiger partial charge in [-0.05, 0) is 30.7 Å². The number of hydrogen-bond donors (Lipinski definition) is 1. The molecule has 2 rings (SSSR count). The summed E-state index contributed by atoms with van der Waals surface area (Å²) in [5, 5.41) is 5.17. The molecular formula is C14H12Cl2N2. The van der Waals surface area contributed by atoms with Crippen molar-refractivity contribution in [3.05, 3.63) is 63.6 Å². The number of nitrogens with one attached hydrogen (secondary N) is 1. The van der Waals surface area contributed by atoms with Crippen LogP contribution < -0.4 is 5.43 Å². The average molecular weight is 279 g/mol. The fourth-order valence-corrected chi connectivity index (χ4v) is 1.70. The van der Waals surface area contributed by atoms with E-state index < -0.39 is 0 Å². The number of anilines is 1. The molecule has 0 amide bonds. The molecule has 2 aromatic carbocycles. The lowest BCUT2D eigenvalue weighted by Crippen LogP contribution is -1.90. The van der Waals surface area contributed by atoms with Crippen molar-refractivity contribution in [3.8, 4) is 0 Å². The van der Waals surface area contributed by atoms with E-state index in [1.54, 1.807) is 18.3 Å². The maximum Gasteiger partial charge on any atom is 0.0613 e. The highest BCUT2D eigenvalue weighted by atomic mass is 35.5. The van der Waals surface area contributed by atoms with Crippen molar-refractivity contribution in [2.45, 2.75) is 6.92 Å². The van der Waals surface area contributed by atoms with E-state index in [4.69, 9.17) is 23.2 Å². The zero-order valence-electron chi connectivity index (χ0n) is 9.82. The standard InChI is InChI=1S/C14H12Cl2N2/c1-10-2-4-11(5-3-10)9-17-18-12-6-7-13(15)14(16)8-12/h2-9,18H,1H3/b17-9+. The molecule has 2 nitrogen and oxygen atoms in total. The third kappa shape index (κ3) is 3.49. The van der Waals surface area contributed by atoms with E-state index in [9.17, 15) is 0 Å². The minimum absolute atomic E-state index is 0.507. The number of hydrogen-bond acceptors (Lipinski definition) is 2. The Morgan fingerprint density at radius 1 is 1.00 bits per heavy atom. The lowest BCUT2D eigenvalue weighted by Gasteiger charge is -2.01. The first-order chi connectivity index (χ1) is 8.65. The molecule has 0 bridgehead atoms. The highest BCUT2D eigenvalue weighted by molar-refractivity contribution is 6.42. The summed E-state index contributed by atoms with van der Waals surface area (Å²) in [4.78, 5) is 0. The topological polar surface area (TPSA) is 24.4 Å². The van der Waals surface area contributed by atoms with E-state index in [1.807, 2.05) is 30.3 Å². The van der Waals surface area contributed by atoms with Crippen LogP contribution in [0, 0.1) is 6.92 Å². The predicted molar refractivity (Wildman–Crippen MR) is 78.9 cm³/mol. The molecule has 2 aromatic rings. The lowest BCUT2D eigenvalue weighted by molar-refractivity contribution is 1.35. The summed E-state index contributed by atoms with van der Waals surface area (Å²) in [7, 11) is 0. The van der Waals surface area contributed by atoms with Gasteiger partial charge in [0.15, 0.2) is 0 Å². The first-order valence-electron chi connectivity index (χ1n) is 5.46. The van der Waals surface area contributed by atoms with Crippen LogP contribution in [0.2, 0.25) is 10.0 Å². The van der Waals surface area contributed by atoms with Crippen LogP contribution in [0.4, 0.5) is 5.69 Å². The van der Waals surface area contributed by atoms with Gasteiger partial charge in [-0.2, -0.15) is 5.10 Å². The number of halogens is 2. The van der Waals surface area contributed by atoms with Gasteiger partial charge < -0.3 is 0 Å². The smallest absolute Gasteiger partial charge is 0.0613 e. The number of benzene rings is 2. The van der Waals surface area contributed by atoms with Gasteiger partial charge in [0.05, 0.1) is 21.9 Å². The molecule has 0 heterocycles. The Hall–Kier alpha value is -1.51. The molecular weight excluding hydrogens is 267 g/mol. The van der Waals surface area contributed by atoms with Gasteiger partial charge >= 0.3 is 0 Å². The van der Waals surface area contributed by atoms with Crippen molar-refractivity contribution in [2.75, 3.05) is 5.43 Å². The van der Waals surface area contributed by atoms with Gasteiger partial charge in [0.1, 0.15) is 0 Å². The van der Waals surface area contributed by atoms with Gasteiger partial charge in [-0.1, -0.05) is 53.0 Å². The Morgan fingerprint density at radius 2 is 1.72 bits per heavy atom. The maximum absolute atomic E-state index is 5.90. The van der Waals surface area contributed by atoms with Crippen molar-refractivity contribution in [2.24, 2.45) is 5.10 Å². The Kier molecular flexibility index (Phi) is 4.24.